The number of benzene rings is 3. The number of nitrogens with zero attached hydrogens (tertiary/aromatic N) is 3. The first-order chi connectivity index (χ1) is 16.1. The molecular formula is C26H26N4O2S. The molecule has 0 bridgehead atoms. The number of fused-ring (bicyclic) bond motifs is 1. The molecule has 0 atom stereocenters. The number of nitrogens with one attached hydrogen (secondary N) is 1. The summed E-state index contributed by atoms with van der Waals surface area (Å²) >= 11 is 1.57. The van der Waals surface area contributed by atoms with Gasteiger partial charge in [0, 0.05) is 0 Å². The van der Waals surface area contributed by atoms with E-state index in [1.807, 2.05) is 66.7 Å². The van der Waals surface area contributed by atoms with Crippen LogP contribution in [0.15, 0.2) is 82.9 Å². The van der Waals surface area contributed by atoms with Crippen LogP contribution in [0.25, 0.3) is 10.2 Å². The van der Waals surface area contributed by atoms with E-state index in [2.05, 4.69) is 30.4 Å². The van der Waals surface area contributed by atoms with E-state index in [9.17, 15) is 0 Å². The number of rotatable bonds is 8. The lowest BCUT2D eigenvalue weighted by molar-refractivity contribution is 0.257. The summed E-state index contributed by atoms with van der Waals surface area (Å²) in [7, 11) is 1.63. The fraction of sp³-hybridized carbons (Fsp3) is 0.192. The van der Waals surface area contributed by atoms with Gasteiger partial charge in [-0.2, -0.15) is 5.10 Å². The normalized spacial score (nSPS) is 11.9. The van der Waals surface area contributed by atoms with Gasteiger partial charge in [-0.1, -0.05) is 44.2 Å². The maximum absolute atomic E-state index is 5.83. The zero-order valence-corrected chi connectivity index (χ0v) is 19.7. The van der Waals surface area contributed by atoms with Crippen molar-refractivity contribution in [1.29, 1.82) is 0 Å². The molecule has 4 aromatic rings. The largest absolute Gasteiger partial charge is 0.493 e. The van der Waals surface area contributed by atoms with E-state index in [0.717, 1.165) is 32.2 Å². The van der Waals surface area contributed by atoms with E-state index in [1.54, 1.807) is 24.7 Å². The van der Waals surface area contributed by atoms with Crippen LogP contribution in [-0.2, 0) is 0 Å². The van der Waals surface area contributed by atoms with Gasteiger partial charge < -0.3 is 9.47 Å². The maximum atomic E-state index is 5.83. The fourth-order valence-electron chi connectivity index (χ4n) is 3.03. The van der Waals surface area contributed by atoms with Gasteiger partial charge in [0.25, 0.3) is 0 Å². The van der Waals surface area contributed by atoms with E-state index in [1.165, 1.54) is 0 Å². The van der Waals surface area contributed by atoms with Crippen molar-refractivity contribution in [2.24, 2.45) is 16.0 Å². The molecule has 0 amide bonds. The molecule has 168 valence electrons. The first-order valence-corrected chi connectivity index (χ1v) is 11.5. The molecule has 0 saturated heterocycles. The Labute approximate surface area is 197 Å². The van der Waals surface area contributed by atoms with Gasteiger partial charge in [0.2, 0.25) is 0 Å². The van der Waals surface area contributed by atoms with Gasteiger partial charge in [0.1, 0.15) is 0 Å². The van der Waals surface area contributed by atoms with Crippen molar-refractivity contribution in [2.45, 2.75) is 13.8 Å². The topological polar surface area (TPSA) is 68.1 Å². The monoisotopic (exact) mass is 458 g/mol. The molecule has 4 rings (SSSR count). The van der Waals surface area contributed by atoms with Crippen LogP contribution < -0.4 is 14.9 Å². The van der Waals surface area contributed by atoms with Gasteiger partial charge in [0.05, 0.1) is 35.8 Å². The predicted octanol–water partition coefficient (Wildman–Crippen LogP) is 6.04. The number of aliphatic imine (C=N–C) groups is 1. The van der Waals surface area contributed by atoms with Crippen LogP contribution >= 0.6 is 11.3 Å². The lowest BCUT2D eigenvalue weighted by atomic mass is 10.2. The highest BCUT2D eigenvalue weighted by Gasteiger charge is 2.11. The second kappa shape index (κ2) is 10.7. The zero-order chi connectivity index (χ0) is 23.0. The summed E-state index contributed by atoms with van der Waals surface area (Å²) in [5.74, 6) is 2.41. The number of hydrogen-bond donors (Lipinski definition) is 1. The molecule has 0 spiro atoms. The van der Waals surface area contributed by atoms with Crippen LogP contribution in [0.5, 0.6) is 11.5 Å². The van der Waals surface area contributed by atoms with Gasteiger partial charge in [0.15, 0.2) is 22.3 Å². The Kier molecular flexibility index (Phi) is 7.32. The SMILES string of the molecule is COc1cc(C=NNC(=Nc2ccccc2)c2nc3ccccc3s2)ccc1OCC(C)C. The molecule has 33 heavy (non-hydrogen) atoms. The lowest BCUT2D eigenvalue weighted by Gasteiger charge is -2.12. The quantitative estimate of drug-likeness (QED) is 0.198. The summed E-state index contributed by atoms with van der Waals surface area (Å²) in [4.78, 5) is 9.46. The summed E-state index contributed by atoms with van der Waals surface area (Å²) in [5, 5.41) is 5.20. The molecule has 7 heteroatoms. The summed E-state index contributed by atoms with van der Waals surface area (Å²) in [5.41, 5.74) is 5.71. The minimum Gasteiger partial charge on any atom is -0.493 e. The lowest BCUT2D eigenvalue weighted by Crippen LogP contribution is -2.18. The highest BCUT2D eigenvalue weighted by molar-refractivity contribution is 7.20. The first kappa shape index (κ1) is 22.5. The molecule has 1 N–H and O–H groups in total. The minimum absolute atomic E-state index is 0.435. The van der Waals surface area contributed by atoms with Crippen LogP contribution in [-0.4, -0.2) is 30.8 Å². The molecule has 1 heterocycles. The minimum atomic E-state index is 0.435. The van der Waals surface area contributed by atoms with Gasteiger partial charge in [-0.05, 0) is 53.9 Å². The van der Waals surface area contributed by atoms with Crippen LogP contribution in [0.2, 0.25) is 0 Å². The Hall–Kier alpha value is -3.71. The molecule has 0 aliphatic rings. The number of aromatic nitrogens is 1. The van der Waals surface area contributed by atoms with E-state index >= 15 is 0 Å². The first-order valence-electron chi connectivity index (χ1n) is 10.7. The number of thiazole rings is 1. The van der Waals surface area contributed by atoms with Crippen molar-refractivity contribution in [1.82, 2.24) is 10.4 Å². The third-order valence-electron chi connectivity index (χ3n) is 4.64. The third kappa shape index (κ3) is 5.96. The summed E-state index contributed by atoms with van der Waals surface area (Å²) in [6, 6.07) is 23.5. The summed E-state index contributed by atoms with van der Waals surface area (Å²) < 4.78 is 12.4. The van der Waals surface area contributed by atoms with E-state index in [-0.39, 0.29) is 0 Å². The molecule has 0 unspecified atom stereocenters. The van der Waals surface area contributed by atoms with Crippen LogP contribution in [0.3, 0.4) is 0 Å². The number of hydrogen-bond acceptors (Lipinski definition) is 6. The van der Waals surface area contributed by atoms with Crippen molar-refractivity contribution in [3.8, 4) is 11.5 Å². The second-order valence-electron chi connectivity index (χ2n) is 7.77. The number of methoxy groups -OCH3 is 1. The van der Waals surface area contributed by atoms with Crippen LogP contribution in [0, 0.1) is 5.92 Å². The molecule has 0 aliphatic heterocycles. The predicted molar refractivity (Wildman–Crippen MR) is 136 cm³/mol. The van der Waals surface area contributed by atoms with Crippen LogP contribution in [0.4, 0.5) is 5.69 Å². The third-order valence-corrected chi connectivity index (χ3v) is 5.68. The second-order valence-corrected chi connectivity index (χ2v) is 8.80. The zero-order valence-electron chi connectivity index (χ0n) is 18.9. The van der Waals surface area contributed by atoms with Crippen molar-refractivity contribution in [3.05, 3.63) is 83.4 Å². The number of amidine groups is 1. The molecule has 1 aromatic heterocycles. The number of ether oxygens (including phenoxy) is 2. The Balaban J connectivity index is 1.57. The molecule has 6 nitrogen and oxygen atoms in total. The molecule has 0 aliphatic carbocycles. The molecular weight excluding hydrogens is 432 g/mol. The van der Waals surface area contributed by atoms with E-state index in [4.69, 9.17) is 19.5 Å². The fourth-order valence-corrected chi connectivity index (χ4v) is 3.94. The van der Waals surface area contributed by atoms with Gasteiger partial charge in [-0.15, -0.1) is 11.3 Å². The highest BCUT2D eigenvalue weighted by Crippen LogP contribution is 2.28. The average Bonchev–Trinajstić information content (AvgIpc) is 3.27. The van der Waals surface area contributed by atoms with Crippen molar-refractivity contribution >= 4 is 39.3 Å². The Morgan fingerprint density at radius 1 is 1.03 bits per heavy atom. The van der Waals surface area contributed by atoms with Gasteiger partial charge in [-0.25, -0.2) is 9.98 Å². The molecule has 0 saturated carbocycles. The molecule has 0 radical (unpaired) electrons. The Morgan fingerprint density at radius 3 is 2.58 bits per heavy atom. The Bertz CT molecular complexity index is 1230. The van der Waals surface area contributed by atoms with E-state index in [0.29, 0.717) is 24.1 Å². The highest BCUT2D eigenvalue weighted by atomic mass is 32.1. The van der Waals surface area contributed by atoms with Gasteiger partial charge >= 0.3 is 0 Å². The van der Waals surface area contributed by atoms with E-state index < -0.39 is 0 Å². The van der Waals surface area contributed by atoms with Gasteiger partial charge in [-0.3, -0.25) is 5.43 Å². The van der Waals surface area contributed by atoms with Crippen molar-refractivity contribution < 1.29 is 9.47 Å². The summed E-state index contributed by atoms with van der Waals surface area (Å²) in [6.45, 7) is 4.85. The number of para-hydroxylation sites is 2. The number of hydrazone groups is 1. The van der Waals surface area contributed by atoms with Crippen molar-refractivity contribution in [3.63, 3.8) is 0 Å². The standard InChI is InChI=1S/C26H26N4O2S/c1-18(2)17-32-22-14-13-19(15-23(22)31-3)16-27-30-25(28-20-9-5-4-6-10-20)26-29-21-11-7-8-12-24(21)33-26/h4-16,18H,17H2,1-3H3,(H,28,30). The maximum Gasteiger partial charge on any atom is 0.183 e. The smallest absolute Gasteiger partial charge is 0.183 e. The molecule has 3 aromatic carbocycles. The van der Waals surface area contributed by atoms with Crippen LogP contribution in [0.1, 0.15) is 24.4 Å². The average molecular weight is 459 g/mol. The Morgan fingerprint density at radius 2 is 1.82 bits per heavy atom. The summed E-state index contributed by atoms with van der Waals surface area (Å²) in [6.07, 6.45) is 1.72. The molecule has 0 fully saturated rings. The van der Waals surface area contributed by atoms with Crippen molar-refractivity contribution in [2.75, 3.05) is 13.7 Å².